The molecule has 3 heteroatoms. The molecule has 0 saturated heterocycles. The van der Waals surface area contributed by atoms with Gasteiger partial charge >= 0.3 is 0 Å². The standard InChI is InChI=1S/C14H21NO2/c1-4-6-12(14(16)17)9-11-7-5-8-13(10-11)15(2)3/h5,7-8,10,12H,4,6,9H2,1-3H3,(H,16,17)/p-1. The van der Waals surface area contributed by atoms with Crippen molar-refractivity contribution in [1.82, 2.24) is 0 Å². The maximum absolute atomic E-state index is 11.0. The predicted octanol–water partition coefficient (Wildman–Crippen LogP) is 1.46. The minimum atomic E-state index is -0.942. The maximum atomic E-state index is 11.0. The summed E-state index contributed by atoms with van der Waals surface area (Å²) in [5, 5.41) is 11.0. The lowest BCUT2D eigenvalue weighted by molar-refractivity contribution is -0.311. The quantitative estimate of drug-likeness (QED) is 0.748. The molecule has 0 aliphatic carbocycles. The van der Waals surface area contributed by atoms with Gasteiger partial charge in [0.15, 0.2) is 0 Å². The zero-order valence-electron chi connectivity index (χ0n) is 10.8. The van der Waals surface area contributed by atoms with Crippen LogP contribution >= 0.6 is 0 Å². The molecule has 1 atom stereocenters. The topological polar surface area (TPSA) is 43.4 Å². The molecule has 94 valence electrons. The first-order chi connectivity index (χ1) is 8.04. The molecule has 0 fully saturated rings. The fraction of sp³-hybridized carbons (Fsp3) is 0.500. The van der Waals surface area contributed by atoms with Crippen molar-refractivity contribution in [2.75, 3.05) is 19.0 Å². The molecule has 0 bridgehead atoms. The van der Waals surface area contributed by atoms with Gasteiger partial charge in [-0.3, -0.25) is 0 Å². The summed E-state index contributed by atoms with van der Waals surface area (Å²) >= 11 is 0. The van der Waals surface area contributed by atoms with Gasteiger partial charge in [0.1, 0.15) is 0 Å². The van der Waals surface area contributed by atoms with E-state index in [0.29, 0.717) is 12.8 Å². The highest BCUT2D eigenvalue weighted by Crippen LogP contribution is 2.18. The molecule has 0 aromatic heterocycles. The van der Waals surface area contributed by atoms with Crippen LogP contribution in [0.5, 0.6) is 0 Å². The summed E-state index contributed by atoms with van der Waals surface area (Å²) < 4.78 is 0. The van der Waals surface area contributed by atoms with E-state index in [-0.39, 0.29) is 5.92 Å². The van der Waals surface area contributed by atoms with Gasteiger partial charge in [-0.25, -0.2) is 0 Å². The Morgan fingerprint density at radius 1 is 1.41 bits per heavy atom. The number of anilines is 1. The second-order valence-electron chi connectivity index (χ2n) is 4.57. The summed E-state index contributed by atoms with van der Waals surface area (Å²) in [4.78, 5) is 13.0. The summed E-state index contributed by atoms with van der Waals surface area (Å²) in [6.07, 6.45) is 2.10. The Labute approximate surface area is 103 Å². The number of carbonyl (C=O) groups is 1. The first-order valence-electron chi connectivity index (χ1n) is 6.01. The molecular weight excluding hydrogens is 214 g/mol. The highest BCUT2D eigenvalue weighted by molar-refractivity contribution is 5.68. The first kappa shape index (κ1) is 13.6. The predicted molar refractivity (Wildman–Crippen MR) is 67.9 cm³/mol. The fourth-order valence-electron chi connectivity index (χ4n) is 1.90. The van der Waals surface area contributed by atoms with E-state index in [4.69, 9.17) is 0 Å². The van der Waals surface area contributed by atoms with Gasteiger partial charge in [-0.05, 0) is 30.5 Å². The van der Waals surface area contributed by atoms with Gasteiger partial charge in [-0.15, -0.1) is 0 Å². The van der Waals surface area contributed by atoms with E-state index in [1.165, 1.54) is 0 Å². The molecule has 0 saturated carbocycles. The molecule has 0 radical (unpaired) electrons. The molecule has 1 aromatic carbocycles. The van der Waals surface area contributed by atoms with Crippen LogP contribution in [0.25, 0.3) is 0 Å². The SMILES string of the molecule is CCCC(Cc1cccc(N(C)C)c1)C(=O)[O-]. The maximum Gasteiger partial charge on any atom is 0.0448 e. The molecule has 0 amide bonds. The van der Waals surface area contributed by atoms with Gasteiger partial charge in [-0.1, -0.05) is 25.5 Å². The van der Waals surface area contributed by atoms with Crippen LogP contribution in [0.4, 0.5) is 5.69 Å². The summed E-state index contributed by atoms with van der Waals surface area (Å²) in [7, 11) is 3.95. The highest BCUT2D eigenvalue weighted by Gasteiger charge is 2.10. The average molecular weight is 234 g/mol. The number of carbonyl (C=O) groups excluding carboxylic acids is 1. The lowest BCUT2D eigenvalue weighted by atomic mass is 9.95. The van der Waals surface area contributed by atoms with Crippen molar-refractivity contribution in [2.45, 2.75) is 26.2 Å². The van der Waals surface area contributed by atoms with Crippen LogP contribution < -0.4 is 10.0 Å². The van der Waals surface area contributed by atoms with Crippen molar-refractivity contribution in [3.05, 3.63) is 29.8 Å². The Kier molecular flexibility index (Phi) is 5.01. The smallest absolute Gasteiger partial charge is 0.0448 e. The van der Waals surface area contributed by atoms with Crippen molar-refractivity contribution in [2.24, 2.45) is 5.92 Å². The first-order valence-corrected chi connectivity index (χ1v) is 6.01. The van der Waals surface area contributed by atoms with E-state index in [1.807, 2.05) is 50.2 Å². The van der Waals surface area contributed by atoms with Crippen molar-refractivity contribution >= 4 is 11.7 Å². The molecule has 0 heterocycles. The molecule has 0 N–H and O–H groups in total. The van der Waals surface area contributed by atoms with Gasteiger partial charge in [-0.2, -0.15) is 0 Å². The van der Waals surface area contributed by atoms with Crippen molar-refractivity contribution in [1.29, 1.82) is 0 Å². The second kappa shape index (κ2) is 6.28. The number of carboxylic acid groups (broad SMARTS) is 1. The Balaban J connectivity index is 2.78. The minimum Gasteiger partial charge on any atom is -0.550 e. The summed E-state index contributed by atoms with van der Waals surface area (Å²) in [5.41, 5.74) is 2.15. The van der Waals surface area contributed by atoms with E-state index in [0.717, 1.165) is 17.7 Å². The number of rotatable bonds is 6. The third-order valence-electron chi connectivity index (χ3n) is 2.88. The number of hydrogen-bond donors (Lipinski definition) is 0. The lowest BCUT2D eigenvalue weighted by Gasteiger charge is -2.19. The zero-order chi connectivity index (χ0) is 12.8. The van der Waals surface area contributed by atoms with Crippen molar-refractivity contribution in [3.8, 4) is 0 Å². The number of carboxylic acids is 1. The largest absolute Gasteiger partial charge is 0.550 e. The molecule has 0 aliphatic heterocycles. The second-order valence-corrected chi connectivity index (χ2v) is 4.57. The monoisotopic (exact) mass is 234 g/mol. The lowest BCUT2D eigenvalue weighted by Crippen LogP contribution is -2.32. The van der Waals surface area contributed by atoms with Gasteiger partial charge < -0.3 is 14.8 Å². The molecule has 3 nitrogen and oxygen atoms in total. The Morgan fingerprint density at radius 3 is 2.65 bits per heavy atom. The molecule has 1 unspecified atom stereocenters. The fourth-order valence-corrected chi connectivity index (χ4v) is 1.90. The van der Waals surface area contributed by atoms with E-state index < -0.39 is 5.97 Å². The zero-order valence-corrected chi connectivity index (χ0v) is 10.8. The molecule has 1 rings (SSSR count). The summed E-state index contributed by atoms with van der Waals surface area (Å²) in [5.74, 6) is -1.32. The third-order valence-corrected chi connectivity index (χ3v) is 2.88. The Morgan fingerprint density at radius 2 is 2.12 bits per heavy atom. The van der Waals surface area contributed by atoms with Crippen molar-refractivity contribution < 1.29 is 9.90 Å². The van der Waals surface area contributed by atoms with Crippen LogP contribution in [-0.4, -0.2) is 20.1 Å². The number of aliphatic carboxylic acids is 1. The molecular formula is C14H20NO2-. The highest BCUT2D eigenvalue weighted by atomic mass is 16.4. The number of nitrogens with zero attached hydrogens (tertiary/aromatic N) is 1. The molecule has 0 aliphatic rings. The normalized spacial score (nSPS) is 12.2. The number of hydrogen-bond acceptors (Lipinski definition) is 3. The van der Waals surface area contributed by atoms with Gasteiger partial charge in [0.2, 0.25) is 0 Å². The molecule has 0 spiro atoms. The van der Waals surface area contributed by atoms with Gasteiger partial charge in [0, 0.05) is 31.7 Å². The summed E-state index contributed by atoms with van der Waals surface area (Å²) in [6.45, 7) is 1.99. The molecule has 17 heavy (non-hydrogen) atoms. The van der Waals surface area contributed by atoms with E-state index >= 15 is 0 Å². The van der Waals surface area contributed by atoms with Gasteiger partial charge in [0.05, 0.1) is 0 Å². The van der Waals surface area contributed by atoms with E-state index in [1.54, 1.807) is 0 Å². The van der Waals surface area contributed by atoms with Crippen LogP contribution in [0.2, 0.25) is 0 Å². The van der Waals surface area contributed by atoms with Crippen LogP contribution in [0.1, 0.15) is 25.3 Å². The van der Waals surface area contributed by atoms with E-state index in [9.17, 15) is 9.90 Å². The third kappa shape index (κ3) is 4.10. The summed E-state index contributed by atoms with van der Waals surface area (Å²) in [6, 6.07) is 7.98. The Bertz CT molecular complexity index is 374. The number of benzene rings is 1. The Hall–Kier alpha value is -1.51. The van der Waals surface area contributed by atoms with E-state index in [2.05, 4.69) is 0 Å². The van der Waals surface area contributed by atoms with Crippen LogP contribution in [0, 0.1) is 5.92 Å². The average Bonchev–Trinajstić information content (AvgIpc) is 2.28. The minimum absolute atomic E-state index is 0.377. The van der Waals surface area contributed by atoms with Crippen molar-refractivity contribution in [3.63, 3.8) is 0 Å². The molecule has 1 aromatic rings. The van der Waals surface area contributed by atoms with Crippen LogP contribution in [0.15, 0.2) is 24.3 Å². The van der Waals surface area contributed by atoms with Crippen LogP contribution in [-0.2, 0) is 11.2 Å². The van der Waals surface area contributed by atoms with Gasteiger partial charge in [0.25, 0.3) is 0 Å². The van der Waals surface area contributed by atoms with Crippen LogP contribution in [0.3, 0.4) is 0 Å².